The van der Waals surface area contributed by atoms with Crippen molar-refractivity contribution in [1.82, 2.24) is 9.97 Å². The molecular weight excluding hydrogens is 272 g/mol. The zero-order valence-electron chi connectivity index (χ0n) is 11.8. The van der Waals surface area contributed by atoms with E-state index in [4.69, 9.17) is 9.84 Å². The van der Waals surface area contributed by atoms with Gasteiger partial charge >= 0.3 is 5.97 Å². The SMILES string of the molecule is Cc1ccc(OCCc2nc(C(=O)O)cc(=O)[nH]2)c(C)c1. The van der Waals surface area contributed by atoms with Gasteiger partial charge in [-0.15, -0.1) is 0 Å². The van der Waals surface area contributed by atoms with Crippen LogP contribution in [0.5, 0.6) is 5.75 Å². The van der Waals surface area contributed by atoms with Gasteiger partial charge in [-0.2, -0.15) is 0 Å². The van der Waals surface area contributed by atoms with Gasteiger partial charge in [0.15, 0.2) is 5.69 Å². The zero-order valence-corrected chi connectivity index (χ0v) is 11.8. The monoisotopic (exact) mass is 288 g/mol. The topological polar surface area (TPSA) is 92.3 Å². The Morgan fingerprint density at radius 3 is 2.76 bits per heavy atom. The third kappa shape index (κ3) is 3.92. The molecule has 0 saturated carbocycles. The van der Waals surface area contributed by atoms with Gasteiger partial charge in [-0.3, -0.25) is 4.79 Å². The molecule has 110 valence electrons. The molecule has 0 amide bonds. The molecule has 0 unspecified atom stereocenters. The first-order valence-electron chi connectivity index (χ1n) is 6.49. The predicted molar refractivity (Wildman–Crippen MR) is 76.9 cm³/mol. The van der Waals surface area contributed by atoms with Crippen LogP contribution in [0.15, 0.2) is 29.1 Å². The molecule has 2 rings (SSSR count). The summed E-state index contributed by atoms with van der Waals surface area (Å²) in [6.45, 7) is 4.26. The Labute approximate surface area is 121 Å². The minimum Gasteiger partial charge on any atom is -0.493 e. The highest BCUT2D eigenvalue weighted by molar-refractivity contribution is 5.85. The molecule has 2 aromatic rings. The Kier molecular flexibility index (Phi) is 4.37. The highest BCUT2D eigenvalue weighted by Gasteiger charge is 2.08. The second-order valence-corrected chi connectivity index (χ2v) is 4.75. The minimum atomic E-state index is -1.22. The number of aromatic amines is 1. The molecule has 6 nitrogen and oxygen atoms in total. The van der Waals surface area contributed by atoms with Gasteiger partial charge in [-0.25, -0.2) is 9.78 Å². The van der Waals surface area contributed by atoms with E-state index in [0.29, 0.717) is 18.9 Å². The van der Waals surface area contributed by atoms with E-state index in [0.717, 1.165) is 22.9 Å². The number of hydrogen-bond acceptors (Lipinski definition) is 4. The number of carbonyl (C=O) groups is 1. The van der Waals surface area contributed by atoms with Crippen molar-refractivity contribution >= 4 is 5.97 Å². The molecule has 0 aliphatic carbocycles. The molecule has 0 atom stereocenters. The van der Waals surface area contributed by atoms with Gasteiger partial charge in [-0.05, 0) is 25.5 Å². The van der Waals surface area contributed by atoms with Gasteiger partial charge in [0, 0.05) is 12.5 Å². The van der Waals surface area contributed by atoms with Crippen LogP contribution in [0.2, 0.25) is 0 Å². The van der Waals surface area contributed by atoms with Crippen molar-refractivity contribution in [3.63, 3.8) is 0 Å². The van der Waals surface area contributed by atoms with Crippen molar-refractivity contribution < 1.29 is 14.6 Å². The first kappa shape index (κ1) is 14.8. The van der Waals surface area contributed by atoms with Crippen LogP contribution >= 0.6 is 0 Å². The van der Waals surface area contributed by atoms with Gasteiger partial charge in [0.2, 0.25) is 0 Å². The minimum absolute atomic E-state index is 0.264. The maximum atomic E-state index is 11.3. The van der Waals surface area contributed by atoms with E-state index < -0.39 is 11.5 Å². The summed E-state index contributed by atoms with van der Waals surface area (Å²) < 4.78 is 5.63. The largest absolute Gasteiger partial charge is 0.493 e. The lowest BCUT2D eigenvalue weighted by Gasteiger charge is -2.09. The average molecular weight is 288 g/mol. The number of hydrogen-bond donors (Lipinski definition) is 2. The molecule has 1 aromatic carbocycles. The maximum Gasteiger partial charge on any atom is 0.354 e. The number of aromatic nitrogens is 2. The summed E-state index contributed by atoms with van der Waals surface area (Å²) in [5, 5.41) is 8.85. The number of ether oxygens (including phenoxy) is 1. The second kappa shape index (κ2) is 6.21. The van der Waals surface area contributed by atoms with Crippen molar-refractivity contribution in [1.29, 1.82) is 0 Å². The Bertz CT molecular complexity index is 722. The number of aromatic carboxylic acids is 1. The van der Waals surface area contributed by atoms with Gasteiger partial charge in [0.05, 0.1) is 6.61 Å². The second-order valence-electron chi connectivity index (χ2n) is 4.75. The van der Waals surface area contributed by atoms with Crippen LogP contribution in [-0.2, 0) is 6.42 Å². The molecule has 0 saturated heterocycles. The standard InChI is InChI=1S/C15H16N2O4/c1-9-3-4-12(10(2)7-9)21-6-5-13-16-11(15(19)20)8-14(18)17-13/h3-4,7-8H,5-6H2,1-2H3,(H,19,20)(H,16,17,18). The fourth-order valence-electron chi connectivity index (χ4n) is 1.95. The molecule has 0 aliphatic heterocycles. The van der Waals surface area contributed by atoms with E-state index in [1.54, 1.807) is 0 Å². The number of carboxylic acid groups (broad SMARTS) is 1. The van der Waals surface area contributed by atoms with Crippen LogP contribution in [0.25, 0.3) is 0 Å². The lowest BCUT2D eigenvalue weighted by molar-refractivity contribution is 0.0689. The molecule has 0 radical (unpaired) electrons. The number of aryl methyl sites for hydroxylation is 2. The summed E-state index contributed by atoms with van der Waals surface area (Å²) in [6.07, 6.45) is 0.323. The number of benzene rings is 1. The summed E-state index contributed by atoms with van der Waals surface area (Å²) in [7, 11) is 0. The summed E-state index contributed by atoms with van der Waals surface area (Å²) in [4.78, 5) is 28.5. The number of carboxylic acids is 1. The molecule has 1 aromatic heterocycles. The summed E-state index contributed by atoms with van der Waals surface area (Å²) >= 11 is 0. The quantitative estimate of drug-likeness (QED) is 0.873. The molecule has 1 heterocycles. The molecule has 6 heteroatoms. The van der Waals surface area contributed by atoms with E-state index in [-0.39, 0.29) is 5.69 Å². The molecule has 0 fully saturated rings. The first-order valence-corrected chi connectivity index (χ1v) is 6.49. The van der Waals surface area contributed by atoms with Crippen LogP contribution in [0.1, 0.15) is 27.4 Å². The Morgan fingerprint density at radius 1 is 1.33 bits per heavy atom. The number of nitrogens with zero attached hydrogens (tertiary/aromatic N) is 1. The normalized spacial score (nSPS) is 10.4. The lowest BCUT2D eigenvalue weighted by Crippen LogP contribution is -2.17. The molecular formula is C15H16N2O4. The van der Waals surface area contributed by atoms with Crippen LogP contribution in [0.3, 0.4) is 0 Å². The third-order valence-electron chi connectivity index (χ3n) is 2.94. The zero-order chi connectivity index (χ0) is 15.4. The molecule has 0 bridgehead atoms. The third-order valence-corrected chi connectivity index (χ3v) is 2.94. The Morgan fingerprint density at radius 2 is 2.10 bits per heavy atom. The van der Waals surface area contributed by atoms with Crippen molar-refractivity contribution in [2.45, 2.75) is 20.3 Å². The van der Waals surface area contributed by atoms with Gasteiger partial charge in [0.25, 0.3) is 5.56 Å². The van der Waals surface area contributed by atoms with Gasteiger partial charge in [-0.1, -0.05) is 17.7 Å². The highest BCUT2D eigenvalue weighted by Crippen LogP contribution is 2.18. The smallest absolute Gasteiger partial charge is 0.354 e. The molecule has 0 spiro atoms. The van der Waals surface area contributed by atoms with E-state index in [2.05, 4.69) is 9.97 Å². The van der Waals surface area contributed by atoms with Crippen LogP contribution < -0.4 is 10.3 Å². The van der Waals surface area contributed by atoms with Crippen molar-refractivity contribution in [2.24, 2.45) is 0 Å². The van der Waals surface area contributed by atoms with Crippen molar-refractivity contribution in [2.75, 3.05) is 6.61 Å². The average Bonchev–Trinajstić information content (AvgIpc) is 2.40. The fourth-order valence-corrected chi connectivity index (χ4v) is 1.95. The lowest BCUT2D eigenvalue weighted by atomic mass is 10.1. The van der Waals surface area contributed by atoms with E-state index in [1.165, 1.54) is 0 Å². The fraction of sp³-hybridized carbons (Fsp3) is 0.267. The number of nitrogens with one attached hydrogen (secondary N) is 1. The summed E-state index contributed by atoms with van der Waals surface area (Å²) in [5.41, 5.74) is 1.43. The molecule has 2 N–H and O–H groups in total. The number of H-pyrrole nitrogens is 1. The van der Waals surface area contributed by atoms with E-state index >= 15 is 0 Å². The maximum absolute atomic E-state index is 11.3. The van der Waals surface area contributed by atoms with E-state index in [1.807, 2.05) is 32.0 Å². The first-order chi connectivity index (χ1) is 9.95. The van der Waals surface area contributed by atoms with Crippen molar-refractivity contribution in [3.8, 4) is 5.75 Å². The van der Waals surface area contributed by atoms with Crippen LogP contribution in [-0.4, -0.2) is 27.7 Å². The van der Waals surface area contributed by atoms with Gasteiger partial charge < -0.3 is 14.8 Å². The highest BCUT2D eigenvalue weighted by atomic mass is 16.5. The Hall–Kier alpha value is -2.63. The number of rotatable bonds is 5. The van der Waals surface area contributed by atoms with Crippen LogP contribution in [0, 0.1) is 13.8 Å². The molecule has 21 heavy (non-hydrogen) atoms. The van der Waals surface area contributed by atoms with Crippen molar-refractivity contribution in [3.05, 3.63) is 57.3 Å². The van der Waals surface area contributed by atoms with E-state index in [9.17, 15) is 9.59 Å². The summed E-state index contributed by atoms with van der Waals surface area (Å²) in [6, 6.07) is 6.80. The molecule has 0 aliphatic rings. The Balaban J connectivity index is 2.03. The summed E-state index contributed by atoms with van der Waals surface area (Å²) in [5.74, 6) is -0.167. The van der Waals surface area contributed by atoms with Crippen LogP contribution in [0.4, 0.5) is 0 Å². The van der Waals surface area contributed by atoms with Gasteiger partial charge in [0.1, 0.15) is 11.6 Å². The predicted octanol–water partition coefficient (Wildman–Crippen LogP) is 1.71.